The summed E-state index contributed by atoms with van der Waals surface area (Å²) in [7, 11) is 0. The first-order chi connectivity index (χ1) is 10.5. The van der Waals surface area contributed by atoms with E-state index in [0.717, 1.165) is 19.3 Å². The first-order valence-electron chi connectivity index (χ1n) is 7.51. The Morgan fingerprint density at radius 3 is 2.50 bits per heavy atom. The van der Waals surface area contributed by atoms with Crippen LogP contribution in [0.3, 0.4) is 0 Å². The minimum atomic E-state index is -0.0943. The fourth-order valence-electron chi connectivity index (χ4n) is 2.82. The molecule has 1 fully saturated rings. The SMILES string of the molecule is C[C@H]1CCC[C@H](C)N1C(=O)CO/N=C(\N)c1ccc(Cl)cc1. The van der Waals surface area contributed by atoms with Crippen LogP contribution in [0, 0.1) is 0 Å². The second-order valence-electron chi connectivity index (χ2n) is 5.69. The van der Waals surface area contributed by atoms with Gasteiger partial charge in [-0.05, 0) is 57.4 Å². The summed E-state index contributed by atoms with van der Waals surface area (Å²) in [5.74, 6) is 0.177. The van der Waals surface area contributed by atoms with Crippen molar-refractivity contribution in [2.24, 2.45) is 10.9 Å². The molecule has 6 heteroatoms. The number of piperidine rings is 1. The zero-order valence-corrected chi connectivity index (χ0v) is 13.7. The van der Waals surface area contributed by atoms with Gasteiger partial charge in [-0.3, -0.25) is 4.79 Å². The lowest BCUT2D eigenvalue weighted by Crippen LogP contribution is -2.48. The molecular formula is C16H22ClN3O2. The molecule has 0 unspecified atom stereocenters. The summed E-state index contributed by atoms with van der Waals surface area (Å²) in [6.07, 6.45) is 3.23. The molecule has 1 aliphatic rings. The summed E-state index contributed by atoms with van der Waals surface area (Å²) in [4.78, 5) is 19.3. The lowest BCUT2D eigenvalue weighted by Gasteiger charge is -2.38. The number of nitrogens with zero attached hydrogens (tertiary/aromatic N) is 2. The van der Waals surface area contributed by atoms with Gasteiger partial charge in [0.25, 0.3) is 5.91 Å². The van der Waals surface area contributed by atoms with Gasteiger partial charge in [0.15, 0.2) is 12.4 Å². The Labute approximate surface area is 136 Å². The van der Waals surface area contributed by atoms with Crippen molar-refractivity contribution < 1.29 is 9.63 Å². The van der Waals surface area contributed by atoms with Crippen molar-refractivity contribution in [1.29, 1.82) is 0 Å². The van der Waals surface area contributed by atoms with Crippen LogP contribution in [0.25, 0.3) is 0 Å². The smallest absolute Gasteiger partial charge is 0.263 e. The predicted octanol–water partition coefficient (Wildman–Crippen LogP) is 2.77. The fourth-order valence-corrected chi connectivity index (χ4v) is 2.94. The molecule has 2 N–H and O–H groups in total. The zero-order chi connectivity index (χ0) is 16.1. The maximum absolute atomic E-state index is 12.3. The number of carbonyl (C=O) groups excluding carboxylic acids is 1. The number of halogens is 1. The fraction of sp³-hybridized carbons (Fsp3) is 0.500. The van der Waals surface area contributed by atoms with E-state index in [2.05, 4.69) is 19.0 Å². The van der Waals surface area contributed by atoms with Gasteiger partial charge in [0, 0.05) is 22.7 Å². The Kier molecular flexibility index (Phi) is 5.66. The topological polar surface area (TPSA) is 67.9 Å². The third kappa shape index (κ3) is 4.13. The van der Waals surface area contributed by atoms with E-state index in [-0.39, 0.29) is 30.4 Å². The van der Waals surface area contributed by atoms with Crippen LogP contribution in [0.1, 0.15) is 38.7 Å². The molecule has 1 amide bonds. The number of hydrogen-bond donors (Lipinski definition) is 1. The quantitative estimate of drug-likeness (QED) is 0.526. The lowest BCUT2D eigenvalue weighted by atomic mass is 9.97. The Morgan fingerprint density at radius 1 is 1.32 bits per heavy atom. The molecule has 2 atom stereocenters. The third-order valence-corrected chi connectivity index (χ3v) is 4.22. The van der Waals surface area contributed by atoms with E-state index in [1.807, 2.05) is 4.90 Å². The number of oxime groups is 1. The van der Waals surface area contributed by atoms with Crippen LogP contribution in [0.4, 0.5) is 0 Å². The molecule has 0 bridgehead atoms. The van der Waals surface area contributed by atoms with Crippen LogP contribution in [-0.2, 0) is 9.63 Å². The summed E-state index contributed by atoms with van der Waals surface area (Å²) in [5, 5.41) is 4.44. The molecule has 2 rings (SSSR count). The van der Waals surface area contributed by atoms with Gasteiger partial charge in [-0.1, -0.05) is 16.8 Å². The van der Waals surface area contributed by atoms with E-state index in [4.69, 9.17) is 22.2 Å². The Bertz CT molecular complexity index is 535. The largest absolute Gasteiger partial charge is 0.384 e. The van der Waals surface area contributed by atoms with E-state index in [1.165, 1.54) is 0 Å². The third-order valence-electron chi connectivity index (χ3n) is 3.97. The number of likely N-dealkylation sites (tertiary alicyclic amines) is 1. The average molecular weight is 324 g/mol. The first-order valence-corrected chi connectivity index (χ1v) is 7.89. The van der Waals surface area contributed by atoms with Gasteiger partial charge in [-0.15, -0.1) is 0 Å². The van der Waals surface area contributed by atoms with Crippen molar-refractivity contribution >= 4 is 23.3 Å². The van der Waals surface area contributed by atoms with E-state index >= 15 is 0 Å². The van der Waals surface area contributed by atoms with Crippen LogP contribution >= 0.6 is 11.6 Å². The van der Waals surface area contributed by atoms with Gasteiger partial charge in [0.05, 0.1) is 0 Å². The zero-order valence-electron chi connectivity index (χ0n) is 13.0. The van der Waals surface area contributed by atoms with Crippen LogP contribution in [0.5, 0.6) is 0 Å². The van der Waals surface area contributed by atoms with Gasteiger partial charge < -0.3 is 15.5 Å². The number of benzene rings is 1. The Balaban J connectivity index is 1.90. The molecule has 0 radical (unpaired) electrons. The van der Waals surface area contributed by atoms with Crippen LogP contribution in [0.2, 0.25) is 5.02 Å². The van der Waals surface area contributed by atoms with Crippen LogP contribution in [0.15, 0.2) is 29.4 Å². The molecule has 0 saturated carbocycles. The molecule has 1 heterocycles. The normalized spacial score (nSPS) is 22.5. The number of nitrogens with two attached hydrogens (primary N) is 1. The van der Waals surface area contributed by atoms with Gasteiger partial charge in [-0.2, -0.15) is 0 Å². The highest BCUT2D eigenvalue weighted by atomic mass is 35.5. The highest BCUT2D eigenvalue weighted by molar-refractivity contribution is 6.30. The number of carbonyl (C=O) groups is 1. The van der Waals surface area contributed by atoms with Crippen molar-refractivity contribution in [2.75, 3.05) is 6.61 Å². The molecule has 0 aromatic heterocycles. The molecule has 5 nitrogen and oxygen atoms in total. The minimum absolute atomic E-state index is 0.0487. The number of amidine groups is 1. The molecular weight excluding hydrogens is 302 g/mol. The second kappa shape index (κ2) is 7.49. The molecule has 1 aromatic rings. The van der Waals surface area contributed by atoms with Crippen molar-refractivity contribution in [1.82, 2.24) is 4.90 Å². The standard InChI is InChI=1S/C16H22ClN3O2/c1-11-4-3-5-12(2)20(11)15(21)10-22-19-16(18)13-6-8-14(17)9-7-13/h6-9,11-12H,3-5,10H2,1-2H3,(H2,18,19)/t11-,12-/m0/s1. The van der Waals surface area contributed by atoms with Gasteiger partial charge in [0.2, 0.25) is 0 Å². The molecule has 0 spiro atoms. The van der Waals surface area contributed by atoms with Crippen molar-refractivity contribution in [3.63, 3.8) is 0 Å². The summed E-state index contributed by atoms with van der Waals surface area (Å²) in [6.45, 7) is 4.04. The van der Waals surface area contributed by atoms with Crippen molar-refractivity contribution in [3.8, 4) is 0 Å². The van der Waals surface area contributed by atoms with E-state index in [9.17, 15) is 4.79 Å². The van der Waals surface area contributed by atoms with Gasteiger partial charge in [-0.25, -0.2) is 0 Å². The van der Waals surface area contributed by atoms with E-state index < -0.39 is 0 Å². The second-order valence-corrected chi connectivity index (χ2v) is 6.12. The average Bonchev–Trinajstić information content (AvgIpc) is 2.47. The van der Waals surface area contributed by atoms with E-state index in [1.54, 1.807) is 24.3 Å². The Morgan fingerprint density at radius 2 is 1.91 bits per heavy atom. The minimum Gasteiger partial charge on any atom is -0.384 e. The van der Waals surface area contributed by atoms with Crippen LogP contribution < -0.4 is 5.73 Å². The number of rotatable bonds is 4. The maximum atomic E-state index is 12.3. The molecule has 0 aliphatic carbocycles. The first kappa shape index (κ1) is 16.6. The van der Waals surface area contributed by atoms with E-state index in [0.29, 0.717) is 10.6 Å². The van der Waals surface area contributed by atoms with Crippen molar-refractivity contribution in [3.05, 3.63) is 34.9 Å². The summed E-state index contributed by atoms with van der Waals surface area (Å²) in [6, 6.07) is 7.44. The number of hydrogen-bond acceptors (Lipinski definition) is 3. The molecule has 1 aliphatic heterocycles. The number of amides is 1. The Hall–Kier alpha value is -1.75. The summed E-state index contributed by atoms with van der Waals surface area (Å²) < 4.78 is 0. The maximum Gasteiger partial charge on any atom is 0.263 e. The highest BCUT2D eigenvalue weighted by Gasteiger charge is 2.28. The molecule has 1 saturated heterocycles. The van der Waals surface area contributed by atoms with Crippen molar-refractivity contribution in [2.45, 2.75) is 45.2 Å². The molecule has 120 valence electrons. The monoisotopic (exact) mass is 323 g/mol. The van der Waals surface area contributed by atoms with Crippen LogP contribution in [-0.4, -0.2) is 35.3 Å². The highest BCUT2D eigenvalue weighted by Crippen LogP contribution is 2.22. The van der Waals surface area contributed by atoms with Gasteiger partial charge in [0.1, 0.15) is 0 Å². The summed E-state index contributed by atoms with van der Waals surface area (Å²) in [5.41, 5.74) is 6.53. The molecule has 1 aromatic carbocycles. The lowest BCUT2D eigenvalue weighted by molar-refractivity contribution is -0.142. The molecule has 22 heavy (non-hydrogen) atoms. The predicted molar refractivity (Wildman–Crippen MR) is 87.7 cm³/mol. The summed E-state index contributed by atoms with van der Waals surface area (Å²) >= 11 is 5.81. The van der Waals surface area contributed by atoms with Gasteiger partial charge >= 0.3 is 0 Å².